The van der Waals surface area contributed by atoms with Gasteiger partial charge < -0.3 is 14.6 Å². The molecule has 1 aromatic carbocycles. The van der Waals surface area contributed by atoms with Gasteiger partial charge in [-0.25, -0.2) is 10.6 Å². The summed E-state index contributed by atoms with van der Waals surface area (Å²) < 4.78 is 11.5. The zero-order valence-electron chi connectivity index (χ0n) is 19.2. The molecule has 0 saturated carbocycles. The normalized spacial score (nSPS) is 10.7. The van der Waals surface area contributed by atoms with E-state index in [2.05, 4.69) is 19.3 Å². The topological polar surface area (TPSA) is 111 Å². The van der Waals surface area contributed by atoms with Crippen LogP contribution in [0.1, 0.15) is 112 Å². The van der Waals surface area contributed by atoms with Crippen LogP contribution in [0.25, 0.3) is 0 Å². The molecule has 1 aromatic rings. The van der Waals surface area contributed by atoms with E-state index in [9.17, 15) is 14.7 Å². The number of rotatable bonds is 18. The smallest absolute Gasteiger partial charge is 0.339 e. The summed E-state index contributed by atoms with van der Waals surface area (Å²) in [5.74, 6) is 4.01. The van der Waals surface area contributed by atoms with Gasteiger partial charge in [-0.1, -0.05) is 78.1 Å². The quantitative estimate of drug-likeness (QED) is 0.122. The van der Waals surface area contributed by atoms with E-state index in [1.165, 1.54) is 50.7 Å². The molecule has 0 heterocycles. The highest BCUT2D eigenvalue weighted by atomic mass is 16.5. The lowest BCUT2D eigenvalue weighted by molar-refractivity contribution is 0.0690. The van der Waals surface area contributed by atoms with Crippen molar-refractivity contribution in [2.75, 3.05) is 13.2 Å². The maximum atomic E-state index is 12.2. The summed E-state index contributed by atoms with van der Waals surface area (Å²) in [4.78, 5) is 24.0. The number of ether oxygens (including phenoxy) is 2. The summed E-state index contributed by atoms with van der Waals surface area (Å²) in [6.07, 6.45) is 13.2. The Morgan fingerprint density at radius 3 is 1.65 bits per heavy atom. The summed E-state index contributed by atoms with van der Waals surface area (Å²) in [5.41, 5.74) is 2.26. The molecule has 0 spiro atoms. The van der Waals surface area contributed by atoms with Crippen LogP contribution >= 0.6 is 0 Å². The number of hydrogen-bond acceptors (Lipinski definition) is 5. The maximum absolute atomic E-state index is 12.2. The van der Waals surface area contributed by atoms with Crippen LogP contribution in [0.5, 0.6) is 11.5 Å². The Labute approximate surface area is 186 Å². The monoisotopic (exact) mass is 436 g/mol. The van der Waals surface area contributed by atoms with Gasteiger partial charge >= 0.3 is 5.97 Å². The lowest BCUT2D eigenvalue weighted by Gasteiger charge is -2.15. The van der Waals surface area contributed by atoms with Gasteiger partial charge in [-0.05, 0) is 25.0 Å². The molecule has 4 N–H and O–H groups in total. The standard InChI is InChI=1S/C24H40N2O5/c1-3-5-7-9-11-13-15-30-21-18-20(24(28)29)22(17-19(21)23(27)26-25)31-16-14-12-10-8-6-4-2/h17-18H,3-16,25H2,1-2H3,(H,26,27)(H,28,29). The summed E-state index contributed by atoms with van der Waals surface area (Å²) in [7, 11) is 0. The zero-order chi connectivity index (χ0) is 22.9. The second-order valence-corrected chi connectivity index (χ2v) is 7.86. The van der Waals surface area contributed by atoms with Crippen LogP contribution in [0.3, 0.4) is 0 Å². The molecule has 0 aliphatic heterocycles. The second-order valence-electron chi connectivity index (χ2n) is 7.86. The Bertz CT molecular complexity index is 664. The van der Waals surface area contributed by atoms with Crippen molar-refractivity contribution in [2.24, 2.45) is 5.84 Å². The van der Waals surface area contributed by atoms with Crippen molar-refractivity contribution < 1.29 is 24.2 Å². The van der Waals surface area contributed by atoms with Crippen LogP contribution in [-0.2, 0) is 0 Å². The number of nitrogen functional groups attached to an aromatic ring is 1. The molecule has 176 valence electrons. The number of nitrogens with two attached hydrogens (primary N) is 1. The predicted octanol–water partition coefficient (Wildman–Crippen LogP) is 5.47. The molecule has 1 rings (SSSR count). The SMILES string of the molecule is CCCCCCCCOc1cc(C(=O)NN)c(OCCCCCCCC)cc1C(=O)O. The molecule has 7 nitrogen and oxygen atoms in total. The molecular weight excluding hydrogens is 396 g/mol. The average Bonchev–Trinajstić information content (AvgIpc) is 2.77. The van der Waals surface area contributed by atoms with Crippen LogP contribution in [0.4, 0.5) is 0 Å². The molecule has 7 heteroatoms. The fourth-order valence-electron chi connectivity index (χ4n) is 3.35. The van der Waals surface area contributed by atoms with Crippen LogP contribution in [-0.4, -0.2) is 30.2 Å². The fourth-order valence-corrected chi connectivity index (χ4v) is 3.35. The lowest BCUT2D eigenvalue weighted by Crippen LogP contribution is -2.30. The van der Waals surface area contributed by atoms with Gasteiger partial charge in [0.25, 0.3) is 5.91 Å². The van der Waals surface area contributed by atoms with Gasteiger partial charge in [-0.3, -0.25) is 10.2 Å². The van der Waals surface area contributed by atoms with E-state index in [1.807, 2.05) is 0 Å². The van der Waals surface area contributed by atoms with E-state index in [0.717, 1.165) is 38.5 Å². The highest BCUT2D eigenvalue weighted by Gasteiger charge is 2.21. The zero-order valence-corrected chi connectivity index (χ0v) is 19.2. The first-order valence-electron chi connectivity index (χ1n) is 11.7. The molecule has 0 aliphatic rings. The number of nitrogens with one attached hydrogen (secondary N) is 1. The third kappa shape index (κ3) is 10.5. The Hall–Kier alpha value is -2.28. The highest BCUT2D eigenvalue weighted by Crippen LogP contribution is 2.30. The van der Waals surface area contributed by atoms with Crippen LogP contribution in [0, 0.1) is 0 Å². The highest BCUT2D eigenvalue weighted by molar-refractivity contribution is 6.00. The van der Waals surface area contributed by atoms with Crippen LogP contribution in [0.15, 0.2) is 12.1 Å². The van der Waals surface area contributed by atoms with Gasteiger partial charge in [0, 0.05) is 0 Å². The van der Waals surface area contributed by atoms with E-state index >= 15 is 0 Å². The Morgan fingerprint density at radius 1 is 0.774 bits per heavy atom. The molecule has 0 atom stereocenters. The fraction of sp³-hybridized carbons (Fsp3) is 0.667. The molecule has 0 aliphatic carbocycles. The molecule has 0 bridgehead atoms. The average molecular weight is 437 g/mol. The first-order valence-corrected chi connectivity index (χ1v) is 11.7. The minimum Gasteiger partial charge on any atom is -0.493 e. The minimum atomic E-state index is -1.12. The number of unbranched alkanes of at least 4 members (excludes halogenated alkanes) is 10. The van der Waals surface area contributed by atoms with E-state index < -0.39 is 11.9 Å². The first kappa shape index (κ1) is 26.8. The van der Waals surface area contributed by atoms with E-state index in [1.54, 1.807) is 0 Å². The Kier molecular flexibility index (Phi) is 14.2. The van der Waals surface area contributed by atoms with Crippen molar-refractivity contribution in [3.8, 4) is 11.5 Å². The number of carbonyl (C=O) groups is 2. The number of hydrogen-bond donors (Lipinski definition) is 3. The van der Waals surface area contributed by atoms with Crippen LogP contribution < -0.4 is 20.7 Å². The van der Waals surface area contributed by atoms with E-state index in [-0.39, 0.29) is 22.6 Å². The van der Waals surface area contributed by atoms with Crippen molar-refractivity contribution in [1.82, 2.24) is 5.43 Å². The molecule has 0 fully saturated rings. The van der Waals surface area contributed by atoms with E-state index in [4.69, 9.17) is 15.3 Å². The second kappa shape index (κ2) is 16.4. The number of carboxylic acids is 1. The largest absolute Gasteiger partial charge is 0.493 e. The van der Waals surface area contributed by atoms with Gasteiger partial charge in [0.15, 0.2) is 0 Å². The van der Waals surface area contributed by atoms with Crippen molar-refractivity contribution in [2.45, 2.75) is 90.9 Å². The molecule has 0 aromatic heterocycles. The molecule has 0 radical (unpaired) electrons. The lowest BCUT2D eigenvalue weighted by atomic mass is 10.1. The van der Waals surface area contributed by atoms with Crippen molar-refractivity contribution in [3.05, 3.63) is 23.3 Å². The van der Waals surface area contributed by atoms with Gasteiger partial charge in [-0.15, -0.1) is 0 Å². The minimum absolute atomic E-state index is 0.0162. The number of amides is 1. The van der Waals surface area contributed by atoms with Crippen molar-refractivity contribution in [3.63, 3.8) is 0 Å². The number of carboxylic acid groups (broad SMARTS) is 1. The molecule has 1 amide bonds. The molecular formula is C24H40N2O5. The molecule has 0 saturated heterocycles. The number of benzene rings is 1. The Balaban J connectivity index is 2.76. The predicted molar refractivity (Wildman–Crippen MR) is 123 cm³/mol. The van der Waals surface area contributed by atoms with Crippen molar-refractivity contribution >= 4 is 11.9 Å². The van der Waals surface area contributed by atoms with Crippen molar-refractivity contribution in [1.29, 1.82) is 0 Å². The third-order valence-corrected chi connectivity index (χ3v) is 5.20. The molecule has 31 heavy (non-hydrogen) atoms. The Morgan fingerprint density at radius 2 is 1.19 bits per heavy atom. The maximum Gasteiger partial charge on any atom is 0.339 e. The number of carbonyl (C=O) groups excluding carboxylic acids is 1. The van der Waals surface area contributed by atoms with Gasteiger partial charge in [-0.2, -0.15) is 0 Å². The van der Waals surface area contributed by atoms with Crippen LogP contribution in [0.2, 0.25) is 0 Å². The summed E-state index contributed by atoms with van der Waals surface area (Å²) >= 11 is 0. The third-order valence-electron chi connectivity index (χ3n) is 5.20. The van der Waals surface area contributed by atoms with E-state index in [0.29, 0.717) is 13.2 Å². The molecule has 0 unspecified atom stereocenters. The summed E-state index contributed by atoms with van der Waals surface area (Å²) in [5, 5.41) is 9.61. The van der Waals surface area contributed by atoms with Gasteiger partial charge in [0.2, 0.25) is 0 Å². The first-order chi connectivity index (χ1) is 15.0. The van der Waals surface area contributed by atoms with Gasteiger partial charge in [0.1, 0.15) is 17.1 Å². The van der Waals surface area contributed by atoms with Gasteiger partial charge in [0.05, 0.1) is 18.8 Å². The number of aromatic carboxylic acids is 1. The number of hydrazine groups is 1. The summed E-state index contributed by atoms with van der Waals surface area (Å²) in [6.45, 7) is 5.16. The summed E-state index contributed by atoms with van der Waals surface area (Å²) in [6, 6.07) is 2.78.